The summed E-state index contributed by atoms with van der Waals surface area (Å²) in [5.41, 5.74) is 3.64. The second-order valence-electron chi connectivity index (χ2n) is 9.73. The summed E-state index contributed by atoms with van der Waals surface area (Å²) in [5.74, 6) is 2.13. The Morgan fingerprint density at radius 2 is 1.59 bits per heavy atom. The molecular weight excluding hydrogens is 499 g/mol. The fourth-order valence-electron chi connectivity index (χ4n) is 5.06. The summed E-state index contributed by atoms with van der Waals surface area (Å²) in [4.78, 5) is 15.1. The largest absolute Gasteiger partial charge is 0.416 e. The monoisotopic (exact) mass is 523 g/mol. The first-order valence-electron chi connectivity index (χ1n) is 12.3. The third-order valence-electron chi connectivity index (χ3n) is 7.19. The highest BCUT2D eigenvalue weighted by Crippen LogP contribution is 2.39. The minimum Gasteiger partial charge on any atom is -0.314 e. The fraction of sp³-hybridized carbons (Fsp3) is 0.333. The molecule has 6 nitrogen and oxygen atoms in total. The number of hydrogen-bond acceptors (Lipinski definition) is 4. The van der Waals surface area contributed by atoms with Gasteiger partial charge in [-0.3, -0.25) is 9.78 Å². The molecule has 2 heterocycles. The van der Waals surface area contributed by atoms with Gasteiger partial charge in [0.25, 0.3) is 5.56 Å². The Kier molecular flexibility index (Phi) is 5.86. The average Bonchev–Trinajstić information content (AvgIpc) is 3.46. The molecule has 0 radical (unpaired) electrons. The van der Waals surface area contributed by atoms with Gasteiger partial charge in [0, 0.05) is 17.2 Å². The minimum atomic E-state index is -4.35. The van der Waals surface area contributed by atoms with Gasteiger partial charge in [-0.15, -0.1) is 10.2 Å². The van der Waals surface area contributed by atoms with Gasteiger partial charge in [0.1, 0.15) is 5.82 Å². The molecule has 1 fully saturated rings. The van der Waals surface area contributed by atoms with Crippen molar-refractivity contribution in [1.29, 1.82) is 0 Å². The summed E-state index contributed by atoms with van der Waals surface area (Å²) in [7, 11) is 0. The standard InChI is InChI=1S/C27H24F3N5OS/c28-27(29,30)20-12-10-18(11-13-20)17-6-4-16(5-7-17)14-35-23(32-33-24(35)19-8-9-19)15-34-22-3-1-2-21(22)25(36)31-26(34)37/h4-7,10-13,19H,1-3,8-9,14-15H2,(H,31,36,37). The van der Waals surface area contributed by atoms with Crippen molar-refractivity contribution < 1.29 is 13.2 Å². The van der Waals surface area contributed by atoms with Gasteiger partial charge in [-0.05, 0) is 73.1 Å². The molecule has 190 valence electrons. The highest BCUT2D eigenvalue weighted by molar-refractivity contribution is 7.71. The molecule has 2 aromatic carbocycles. The summed E-state index contributed by atoms with van der Waals surface area (Å²) in [6, 6.07) is 13.0. The Balaban J connectivity index is 1.28. The molecule has 1 N–H and O–H groups in total. The number of alkyl halides is 3. The molecule has 0 atom stereocenters. The molecule has 4 aromatic rings. The van der Waals surface area contributed by atoms with Crippen LogP contribution in [0.5, 0.6) is 0 Å². The smallest absolute Gasteiger partial charge is 0.314 e. The van der Waals surface area contributed by atoms with Gasteiger partial charge in [-0.2, -0.15) is 13.2 Å². The summed E-state index contributed by atoms with van der Waals surface area (Å²) < 4.78 is 43.2. The number of aromatic amines is 1. The molecule has 0 bridgehead atoms. The van der Waals surface area contributed by atoms with E-state index in [4.69, 9.17) is 12.2 Å². The van der Waals surface area contributed by atoms with E-state index >= 15 is 0 Å². The molecule has 2 aromatic heterocycles. The van der Waals surface area contributed by atoms with Crippen LogP contribution in [-0.2, 0) is 32.1 Å². The molecule has 6 rings (SSSR count). The zero-order valence-electron chi connectivity index (χ0n) is 19.9. The Bertz CT molecular complexity index is 1580. The second kappa shape index (κ2) is 9.09. The second-order valence-corrected chi connectivity index (χ2v) is 10.1. The molecular formula is C27H24F3N5OS. The first-order valence-corrected chi connectivity index (χ1v) is 12.7. The fourth-order valence-corrected chi connectivity index (χ4v) is 5.33. The van der Waals surface area contributed by atoms with Crippen LogP contribution in [0, 0.1) is 4.77 Å². The topological polar surface area (TPSA) is 68.5 Å². The van der Waals surface area contributed by atoms with E-state index in [1.165, 1.54) is 12.1 Å². The van der Waals surface area contributed by atoms with E-state index in [0.717, 1.165) is 83.8 Å². The van der Waals surface area contributed by atoms with Crippen LogP contribution in [0.3, 0.4) is 0 Å². The number of fused-ring (bicyclic) bond motifs is 1. The van der Waals surface area contributed by atoms with Gasteiger partial charge in [0.05, 0.1) is 18.7 Å². The van der Waals surface area contributed by atoms with Crippen LogP contribution < -0.4 is 5.56 Å². The third kappa shape index (κ3) is 4.66. The Morgan fingerprint density at radius 3 is 2.24 bits per heavy atom. The van der Waals surface area contributed by atoms with Gasteiger partial charge in [-0.1, -0.05) is 36.4 Å². The zero-order valence-corrected chi connectivity index (χ0v) is 20.7. The van der Waals surface area contributed by atoms with Crippen molar-refractivity contribution >= 4 is 12.2 Å². The number of H-pyrrole nitrogens is 1. The third-order valence-corrected chi connectivity index (χ3v) is 7.51. The predicted octanol–water partition coefficient (Wildman–Crippen LogP) is 5.65. The Hall–Kier alpha value is -3.53. The van der Waals surface area contributed by atoms with Gasteiger partial charge >= 0.3 is 6.18 Å². The lowest BCUT2D eigenvalue weighted by Crippen LogP contribution is -2.22. The van der Waals surface area contributed by atoms with Crippen molar-refractivity contribution in [3.63, 3.8) is 0 Å². The maximum atomic E-state index is 12.9. The summed E-state index contributed by atoms with van der Waals surface area (Å²) >= 11 is 5.50. The van der Waals surface area contributed by atoms with E-state index in [-0.39, 0.29) is 5.56 Å². The highest BCUT2D eigenvalue weighted by Gasteiger charge is 2.31. The molecule has 0 unspecified atom stereocenters. The number of benzene rings is 2. The lowest BCUT2D eigenvalue weighted by Gasteiger charge is -2.15. The lowest BCUT2D eigenvalue weighted by atomic mass is 10.0. The maximum Gasteiger partial charge on any atom is 0.416 e. The van der Waals surface area contributed by atoms with E-state index < -0.39 is 11.7 Å². The van der Waals surface area contributed by atoms with Gasteiger partial charge in [-0.25, -0.2) is 0 Å². The Morgan fingerprint density at radius 1 is 0.919 bits per heavy atom. The first kappa shape index (κ1) is 23.8. The predicted molar refractivity (Wildman–Crippen MR) is 135 cm³/mol. The number of halogens is 3. The summed E-state index contributed by atoms with van der Waals surface area (Å²) in [6.07, 6.45) is 0.320. The first-order chi connectivity index (χ1) is 17.8. The van der Waals surface area contributed by atoms with Crippen molar-refractivity contribution in [3.8, 4) is 11.1 Å². The van der Waals surface area contributed by atoms with Crippen LogP contribution in [0.25, 0.3) is 11.1 Å². The molecule has 0 saturated heterocycles. The Labute approximate surface area is 215 Å². The average molecular weight is 524 g/mol. The summed E-state index contributed by atoms with van der Waals surface area (Å²) in [6.45, 7) is 1.00. The van der Waals surface area contributed by atoms with Gasteiger partial charge < -0.3 is 9.13 Å². The van der Waals surface area contributed by atoms with Crippen molar-refractivity contribution in [2.75, 3.05) is 0 Å². The van der Waals surface area contributed by atoms with Crippen molar-refractivity contribution in [2.24, 2.45) is 0 Å². The van der Waals surface area contributed by atoms with E-state index in [0.29, 0.717) is 23.8 Å². The van der Waals surface area contributed by atoms with E-state index in [2.05, 4.69) is 19.7 Å². The SMILES string of the molecule is O=c1[nH]c(=S)n(Cc2nnc(C3CC3)n2Cc2ccc(-c3ccc(C(F)(F)F)cc3)cc2)c2c1CCC2. The quantitative estimate of drug-likeness (QED) is 0.332. The normalized spacial score (nSPS) is 15.2. The van der Waals surface area contributed by atoms with Crippen molar-refractivity contribution in [1.82, 2.24) is 24.3 Å². The van der Waals surface area contributed by atoms with Crippen LogP contribution in [0.4, 0.5) is 13.2 Å². The minimum absolute atomic E-state index is 0.0953. The van der Waals surface area contributed by atoms with Crippen molar-refractivity contribution in [2.45, 2.75) is 57.3 Å². The van der Waals surface area contributed by atoms with Crippen LogP contribution >= 0.6 is 12.2 Å². The van der Waals surface area contributed by atoms with Crippen molar-refractivity contribution in [3.05, 3.63) is 97.7 Å². The molecule has 2 aliphatic rings. The van der Waals surface area contributed by atoms with Crippen LogP contribution in [0.1, 0.15) is 59.2 Å². The van der Waals surface area contributed by atoms with Gasteiger partial charge in [0.2, 0.25) is 0 Å². The molecule has 37 heavy (non-hydrogen) atoms. The highest BCUT2D eigenvalue weighted by atomic mass is 32.1. The molecule has 2 aliphatic carbocycles. The van der Waals surface area contributed by atoms with Crippen LogP contribution in [-0.4, -0.2) is 24.3 Å². The molecule has 0 amide bonds. The molecule has 1 saturated carbocycles. The van der Waals surface area contributed by atoms with Crippen LogP contribution in [0.2, 0.25) is 0 Å². The van der Waals surface area contributed by atoms with E-state index in [1.807, 2.05) is 28.8 Å². The maximum absolute atomic E-state index is 12.9. The zero-order chi connectivity index (χ0) is 25.7. The van der Waals surface area contributed by atoms with E-state index in [1.54, 1.807) is 0 Å². The lowest BCUT2D eigenvalue weighted by molar-refractivity contribution is -0.137. The molecule has 10 heteroatoms. The number of nitrogens with zero attached hydrogens (tertiary/aromatic N) is 4. The number of nitrogens with one attached hydrogen (secondary N) is 1. The number of hydrogen-bond donors (Lipinski definition) is 1. The number of rotatable bonds is 6. The molecule has 0 aliphatic heterocycles. The van der Waals surface area contributed by atoms with E-state index in [9.17, 15) is 18.0 Å². The summed E-state index contributed by atoms with van der Waals surface area (Å²) in [5, 5.41) is 9.02. The van der Waals surface area contributed by atoms with Gasteiger partial charge in [0.15, 0.2) is 10.6 Å². The molecule has 0 spiro atoms. The van der Waals surface area contributed by atoms with Crippen LogP contribution in [0.15, 0.2) is 53.3 Å². The number of aromatic nitrogens is 5.